The molecule has 2 rings (SSSR count). The van der Waals surface area contributed by atoms with Gasteiger partial charge in [0.1, 0.15) is 0 Å². The first-order valence-electron chi connectivity index (χ1n) is 9.53. The van der Waals surface area contributed by atoms with Gasteiger partial charge in [-0.15, -0.1) is 11.3 Å². The molecule has 0 radical (unpaired) electrons. The zero-order valence-electron chi connectivity index (χ0n) is 16.0. The molecule has 2 unspecified atom stereocenters. The minimum atomic E-state index is -1.81. The van der Waals surface area contributed by atoms with Gasteiger partial charge in [-0.05, 0) is 43.6 Å². The zero-order valence-corrected chi connectivity index (χ0v) is 16.8. The smallest absolute Gasteiger partial charge is 0.306 e. The largest absolute Gasteiger partial charge is 0.466 e. The maximum Gasteiger partial charge on any atom is 0.306 e. The fourth-order valence-electron chi connectivity index (χ4n) is 3.15. The molecule has 1 saturated heterocycles. The van der Waals surface area contributed by atoms with Crippen molar-refractivity contribution in [3.05, 3.63) is 22.4 Å². The maximum atomic E-state index is 12.4. The third-order valence-corrected chi connectivity index (χ3v) is 5.69. The van der Waals surface area contributed by atoms with Gasteiger partial charge in [0.2, 0.25) is 0 Å². The van der Waals surface area contributed by atoms with Crippen molar-refractivity contribution in [1.82, 2.24) is 10.2 Å². The SMILES string of the molecule is CCOC(=O)CC1CCN(C(=O)C(O)C(O)C(=O)NCCc2cccs2)CC1. The molecule has 28 heavy (non-hydrogen) atoms. The Bertz CT molecular complexity index is 643. The fraction of sp³-hybridized carbons (Fsp3) is 0.632. The van der Waals surface area contributed by atoms with Crippen LogP contribution in [0.2, 0.25) is 0 Å². The molecule has 3 N–H and O–H groups in total. The number of likely N-dealkylation sites (tertiary alicyclic amines) is 1. The van der Waals surface area contributed by atoms with Crippen LogP contribution in [0.4, 0.5) is 0 Å². The van der Waals surface area contributed by atoms with Crippen molar-refractivity contribution in [2.24, 2.45) is 5.92 Å². The Morgan fingerprint density at radius 3 is 2.61 bits per heavy atom. The molecule has 2 amide bonds. The van der Waals surface area contributed by atoms with E-state index in [4.69, 9.17) is 4.74 Å². The summed E-state index contributed by atoms with van der Waals surface area (Å²) in [7, 11) is 0. The predicted octanol–water partition coefficient (Wildman–Crippen LogP) is 0.320. The lowest BCUT2D eigenvalue weighted by Crippen LogP contribution is -2.52. The van der Waals surface area contributed by atoms with Gasteiger partial charge >= 0.3 is 5.97 Å². The highest BCUT2D eigenvalue weighted by atomic mass is 32.1. The number of ether oxygens (including phenoxy) is 1. The van der Waals surface area contributed by atoms with Crippen LogP contribution in [0.15, 0.2) is 17.5 Å². The van der Waals surface area contributed by atoms with E-state index in [0.29, 0.717) is 51.9 Å². The number of hydrogen-bond acceptors (Lipinski definition) is 7. The van der Waals surface area contributed by atoms with Gasteiger partial charge in [-0.25, -0.2) is 0 Å². The normalized spacial score (nSPS) is 17.0. The van der Waals surface area contributed by atoms with E-state index in [1.807, 2.05) is 17.5 Å². The van der Waals surface area contributed by atoms with Crippen molar-refractivity contribution in [1.29, 1.82) is 0 Å². The highest BCUT2D eigenvalue weighted by molar-refractivity contribution is 7.09. The molecule has 8 nitrogen and oxygen atoms in total. The summed E-state index contributed by atoms with van der Waals surface area (Å²) >= 11 is 1.57. The predicted molar refractivity (Wildman–Crippen MR) is 104 cm³/mol. The number of thiophene rings is 1. The second kappa shape index (κ2) is 11.1. The number of aliphatic hydroxyl groups excluding tert-OH is 2. The molecular weight excluding hydrogens is 384 g/mol. The highest BCUT2D eigenvalue weighted by Gasteiger charge is 2.35. The zero-order chi connectivity index (χ0) is 20.5. The summed E-state index contributed by atoms with van der Waals surface area (Å²) in [6.07, 6.45) is -1.46. The van der Waals surface area contributed by atoms with Crippen LogP contribution >= 0.6 is 11.3 Å². The van der Waals surface area contributed by atoms with Crippen molar-refractivity contribution >= 4 is 29.1 Å². The topological polar surface area (TPSA) is 116 Å². The number of amides is 2. The van der Waals surface area contributed by atoms with Gasteiger partial charge in [-0.1, -0.05) is 6.07 Å². The van der Waals surface area contributed by atoms with Crippen LogP contribution in [-0.4, -0.2) is 71.3 Å². The van der Waals surface area contributed by atoms with Crippen LogP contribution in [0.25, 0.3) is 0 Å². The van der Waals surface area contributed by atoms with Crippen LogP contribution in [0.3, 0.4) is 0 Å². The van der Waals surface area contributed by atoms with E-state index < -0.39 is 24.0 Å². The number of esters is 1. The molecule has 1 aliphatic rings. The number of aliphatic hydroxyl groups is 2. The Labute approximate surface area is 168 Å². The number of carbonyl (C=O) groups excluding carboxylic acids is 3. The highest BCUT2D eigenvalue weighted by Crippen LogP contribution is 2.22. The maximum absolute atomic E-state index is 12.4. The van der Waals surface area contributed by atoms with Crippen LogP contribution < -0.4 is 5.32 Å². The lowest BCUT2D eigenvalue weighted by molar-refractivity contribution is -0.154. The van der Waals surface area contributed by atoms with Crippen LogP contribution in [0, 0.1) is 5.92 Å². The van der Waals surface area contributed by atoms with Crippen molar-refractivity contribution in [2.75, 3.05) is 26.2 Å². The van der Waals surface area contributed by atoms with Gasteiger partial charge in [0.05, 0.1) is 6.61 Å². The number of nitrogens with one attached hydrogen (secondary N) is 1. The Balaban J connectivity index is 1.73. The number of carbonyl (C=O) groups is 3. The summed E-state index contributed by atoms with van der Waals surface area (Å²) in [4.78, 5) is 38.4. The number of rotatable bonds is 9. The van der Waals surface area contributed by atoms with Crippen LogP contribution in [0.5, 0.6) is 0 Å². The molecule has 2 heterocycles. The first kappa shape index (κ1) is 22.3. The van der Waals surface area contributed by atoms with Gasteiger partial charge in [0, 0.05) is 30.9 Å². The van der Waals surface area contributed by atoms with E-state index in [9.17, 15) is 24.6 Å². The molecule has 0 aliphatic carbocycles. The first-order valence-corrected chi connectivity index (χ1v) is 10.4. The van der Waals surface area contributed by atoms with Gasteiger partial charge in [0.15, 0.2) is 12.2 Å². The van der Waals surface area contributed by atoms with Gasteiger partial charge < -0.3 is 25.2 Å². The molecule has 0 saturated carbocycles. The summed E-state index contributed by atoms with van der Waals surface area (Å²) in [5.41, 5.74) is 0. The molecule has 0 spiro atoms. The molecule has 1 aromatic heterocycles. The molecular formula is C19H28N2O6S. The van der Waals surface area contributed by atoms with Crippen LogP contribution in [0.1, 0.15) is 31.1 Å². The van der Waals surface area contributed by atoms with E-state index in [0.717, 1.165) is 4.88 Å². The quantitative estimate of drug-likeness (QED) is 0.503. The Hall–Kier alpha value is -1.97. The summed E-state index contributed by atoms with van der Waals surface area (Å²) in [5, 5.41) is 24.6. The lowest BCUT2D eigenvalue weighted by Gasteiger charge is -2.33. The molecule has 156 valence electrons. The minimum Gasteiger partial charge on any atom is -0.466 e. The number of piperidine rings is 1. The standard InChI is InChI=1S/C19H28N2O6S/c1-2-27-15(22)12-13-6-9-21(10-7-13)19(26)17(24)16(23)18(25)20-8-5-14-4-3-11-28-14/h3-4,11,13,16-17,23-24H,2,5-10,12H2,1H3,(H,20,25). The monoisotopic (exact) mass is 412 g/mol. The van der Waals surface area contributed by atoms with E-state index in [2.05, 4.69) is 5.32 Å². The Morgan fingerprint density at radius 1 is 1.29 bits per heavy atom. The molecule has 1 fully saturated rings. The number of hydrogen-bond donors (Lipinski definition) is 3. The van der Waals surface area contributed by atoms with E-state index >= 15 is 0 Å². The molecule has 1 aliphatic heterocycles. The summed E-state index contributed by atoms with van der Waals surface area (Å²) in [6, 6.07) is 3.85. The first-order chi connectivity index (χ1) is 13.4. The second-order valence-corrected chi connectivity index (χ2v) is 7.82. The molecule has 2 atom stereocenters. The Morgan fingerprint density at radius 2 is 2.00 bits per heavy atom. The molecule has 9 heteroatoms. The summed E-state index contributed by atoms with van der Waals surface area (Å²) in [6.45, 7) is 3.15. The Kier molecular flexibility index (Phi) is 8.88. The third kappa shape index (κ3) is 6.57. The second-order valence-electron chi connectivity index (χ2n) is 6.79. The number of nitrogens with zero attached hydrogens (tertiary/aromatic N) is 1. The average Bonchev–Trinajstić information content (AvgIpc) is 3.20. The lowest BCUT2D eigenvalue weighted by atomic mass is 9.93. The average molecular weight is 413 g/mol. The van der Waals surface area contributed by atoms with E-state index in [1.54, 1.807) is 18.3 Å². The van der Waals surface area contributed by atoms with Crippen LogP contribution in [-0.2, 0) is 25.5 Å². The molecule has 0 aromatic carbocycles. The summed E-state index contributed by atoms with van der Waals surface area (Å²) in [5.74, 6) is -1.56. The van der Waals surface area contributed by atoms with Crippen molar-refractivity contribution < 1.29 is 29.3 Å². The van der Waals surface area contributed by atoms with E-state index in [1.165, 1.54) is 4.90 Å². The van der Waals surface area contributed by atoms with Gasteiger partial charge in [-0.2, -0.15) is 0 Å². The van der Waals surface area contributed by atoms with Gasteiger partial charge in [-0.3, -0.25) is 14.4 Å². The fourth-order valence-corrected chi connectivity index (χ4v) is 3.86. The third-order valence-electron chi connectivity index (χ3n) is 4.76. The molecule has 0 bridgehead atoms. The van der Waals surface area contributed by atoms with Crippen molar-refractivity contribution in [3.63, 3.8) is 0 Å². The molecule has 1 aromatic rings. The van der Waals surface area contributed by atoms with Crippen molar-refractivity contribution in [3.8, 4) is 0 Å². The van der Waals surface area contributed by atoms with E-state index in [-0.39, 0.29) is 11.9 Å². The summed E-state index contributed by atoms with van der Waals surface area (Å²) < 4.78 is 4.93. The van der Waals surface area contributed by atoms with Crippen molar-refractivity contribution in [2.45, 2.75) is 44.8 Å². The van der Waals surface area contributed by atoms with Gasteiger partial charge in [0.25, 0.3) is 11.8 Å². The minimum absolute atomic E-state index is 0.130.